The molecular formula is C12H16O. The molecule has 2 bridgehead atoms. The van der Waals surface area contributed by atoms with Crippen LogP contribution in [0.5, 0.6) is 0 Å². The quantitative estimate of drug-likeness (QED) is 0.519. The van der Waals surface area contributed by atoms with Gasteiger partial charge in [-0.15, -0.1) is 0 Å². The van der Waals surface area contributed by atoms with E-state index < -0.39 is 0 Å². The van der Waals surface area contributed by atoms with E-state index in [1.54, 1.807) is 5.57 Å². The Hall–Kier alpha value is -0.590. The number of fused-ring (bicyclic) bond motifs is 2. The highest BCUT2D eigenvalue weighted by Gasteiger charge is 2.44. The lowest BCUT2D eigenvalue weighted by atomic mass is 9.58. The Morgan fingerprint density at radius 2 is 2.15 bits per heavy atom. The van der Waals surface area contributed by atoms with Gasteiger partial charge in [-0.05, 0) is 43.9 Å². The van der Waals surface area contributed by atoms with Gasteiger partial charge >= 0.3 is 0 Å². The summed E-state index contributed by atoms with van der Waals surface area (Å²) >= 11 is 0. The largest absolute Gasteiger partial charge is 0.299 e. The van der Waals surface area contributed by atoms with Gasteiger partial charge in [0.2, 0.25) is 0 Å². The van der Waals surface area contributed by atoms with Crippen LogP contribution in [0.15, 0.2) is 11.6 Å². The first-order valence-electron chi connectivity index (χ1n) is 5.59. The fourth-order valence-electron chi connectivity index (χ4n) is 3.57. The monoisotopic (exact) mass is 176 g/mol. The van der Waals surface area contributed by atoms with Gasteiger partial charge in [0.15, 0.2) is 0 Å². The molecule has 0 aromatic rings. The summed E-state index contributed by atoms with van der Waals surface area (Å²) in [5, 5.41) is 0. The number of allylic oxidation sites excluding steroid dienone is 2. The molecule has 0 amide bonds. The van der Waals surface area contributed by atoms with Crippen LogP contribution in [-0.2, 0) is 4.79 Å². The zero-order valence-corrected chi connectivity index (χ0v) is 7.96. The van der Waals surface area contributed by atoms with Gasteiger partial charge in [0.25, 0.3) is 0 Å². The third-order valence-corrected chi connectivity index (χ3v) is 4.18. The van der Waals surface area contributed by atoms with Crippen LogP contribution in [0.1, 0.15) is 38.5 Å². The van der Waals surface area contributed by atoms with Crippen molar-refractivity contribution in [3.63, 3.8) is 0 Å². The van der Waals surface area contributed by atoms with E-state index in [4.69, 9.17) is 0 Å². The predicted molar refractivity (Wildman–Crippen MR) is 51.3 cm³/mol. The SMILES string of the molecule is O=C1C[C@@H]2CC[C@H]1C1=CCCC[C@@H]12. The predicted octanol–water partition coefficient (Wildman–Crippen LogP) is 2.71. The molecule has 4 aliphatic carbocycles. The molecule has 0 radical (unpaired) electrons. The van der Waals surface area contributed by atoms with Gasteiger partial charge in [-0.2, -0.15) is 0 Å². The van der Waals surface area contributed by atoms with Crippen molar-refractivity contribution in [2.75, 3.05) is 0 Å². The van der Waals surface area contributed by atoms with E-state index >= 15 is 0 Å². The second kappa shape index (κ2) is 2.70. The van der Waals surface area contributed by atoms with Crippen LogP contribution in [0.4, 0.5) is 0 Å². The summed E-state index contributed by atoms with van der Waals surface area (Å²) in [6.45, 7) is 0. The Labute approximate surface area is 79.2 Å². The lowest BCUT2D eigenvalue weighted by Crippen LogP contribution is -2.41. The molecule has 0 aromatic carbocycles. The molecule has 13 heavy (non-hydrogen) atoms. The summed E-state index contributed by atoms with van der Waals surface area (Å²) in [5.41, 5.74) is 1.54. The summed E-state index contributed by atoms with van der Waals surface area (Å²) < 4.78 is 0. The second-order valence-electron chi connectivity index (χ2n) is 4.80. The molecule has 3 fully saturated rings. The maximum atomic E-state index is 11.7. The van der Waals surface area contributed by atoms with Crippen molar-refractivity contribution in [1.82, 2.24) is 0 Å². The molecule has 0 spiro atoms. The van der Waals surface area contributed by atoms with Gasteiger partial charge in [0.1, 0.15) is 5.78 Å². The minimum absolute atomic E-state index is 0.357. The summed E-state index contributed by atoms with van der Waals surface area (Å²) in [7, 11) is 0. The number of rotatable bonds is 0. The summed E-state index contributed by atoms with van der Waals surface area (Å²) in [6.07, 6.45) is 9.69. The number of carbonyl (C=O) groups is 1. The van der Waals surface area contributed by atoms with Crippen molar-refractivity contribution >= 4 is 5.78 Å². The fourth-order valence-corrected chi connectivity index (χ4v) is 3.57. The van der Waals surface area contributed by atoms with E-state index in [0.717, 1.165) is 24.7 Å². The zero-order valence-electron chi connectivity index (χ0n) is 7.96. The highest BCUT2D eigenvalue weighted by molar-refractivity contribution is 5.86. The average Bonchev–Trinajstić information content (AvgIpc) is 2.19. The van der Waals surface area contributed by atoms with Crippen molar-refractivity contribution in [1.29, 1.82) is 0 Å². The molecule has 4 rings (SSSR count). The Balaban J connectivity index is 2.00. The van der Waals surface area contributed by atoms with Gasteiger partial charge in [0.05, 0.1) is 0 Å². The van der Waals surface area contributed by atoms with Crippen LogP contribution in [-0.4, -0.2) is 5.78 Å². The summed E-state index contributed by atoms with van der Waals surface area (Å²) in [6, 6.07) is 0. The van der Waals surface area contributed by atoms with E-state index in [1.807, 2.05) is 0 Å². The molecule has 0 N–H and O–H groups in total. The fraction of sp³-hybridized carbons (Fsp3) is 0.750. The molecule has 1 heteroatoms. The van der Waals surface area contributed by atoms with Crippen molar-refractivity contribution < 1.29 is 4.79 Å². The Morgan fingerprint density at radius 1 is 1.23 bits per heavy atom. The molecule has 0 heterocycles. The Bertz CT molecular complexity index is 277. The van der Waals surface area contributed by atoms with Crippen molar-refractivity contribution in [2.45, 2.75) is 38.5 Å². The Kier molecular flexibility index (Phi) is 1.61. The van der Waals surface area contributed by atoms with Crippen LogP contribution in [0.3, 0.4) is 0 Å². The number of ketones is 1. The first-order chi connectivity index (χ1) is 6.36. The standard InChI is InChI=1S/C12H16O/c13-12-7-8-5-6-11(12)10-4-2-1-3-9(8)10/h4,8-9,11H,1-3,5-7H2/t8-,9+,11-/m0/s1. The number of hydrogen-bond acceptors (Lipinski definition) is 1. The van der Waals surface area contributed by atoms with Gasteiger partial charge in [0, 0.05) is 12.3 Å². The normalized spacial score (nSPS) is 42.9. The van der Waals surface area contributed by atoms with Gasteiger partial charge in [-0.25, -0.2) is 0 Å². The first kappa shape index (κ1) is 7.78. The zero-order chi connectivity index (χ0) is 8.84. The maximum Gasteiger partial charge on any atom is 0.140 e. The topological polar surface area (TPSA) is 17.1 Å². The van der Waals surface area contributed by atoms with E-state index in [2.05, 4.69) is 6.08 Å². The molecule has 0 saturated heterocycles. The lowest BCUT2D eigenvalue weighted by molar-refractivity contribution is -0.128. The van der Waals surface area contributed by atoms with Crippen LogP contribution < -0.4 is 0 Å². The Morgan fingerprint density at radius 3 is 3.00 bits per heavy atom. The van der Waals surface area contributed by atoms with Gasteiger partial charge < -0.3 is 0 Å². The number of carbonyl (C=O) groups excluding carboxylic acids is 1. The van der Waals surface area contributed by atoms with Crippen LogP contribution in [0.25, 0.3) is 0 Å². The first-order valence-corrected chi connectivity index (χ1v) is 5.59. The van der Waals surface area contributed by atoms with Crippen molar-refractivity contribution in [3.05, 3.63) is 11.6 Å². The molecule has 0 aromatic heterocycles. The van der Waals surface area contributed by atoms with Gasteiger partial charge in [-0.1, -0.05) is 11.6 Å². The minimum Gasteiger partial charge on any atom is -0.299 e. The van der Waals surface area contributed by atoms with Crippen LogP contribution >= 0.6 is 0 Å². The van der Waals surface area contributed by atoms with Crippen molar-refractivity contribution in [3.8, 4) is 0 Å². The van der Waals surface area contributed by atoms with Crippen molar-refractivity contribution in [2.24, 2.45) is 17.8 Å². The molecular weight excluding hydrogens is 160 g/mol. The number of Topliss-reactive ketones (excluding diaryl/α,β-unsaturated/α-hetero) is 1. The highest BCUT2D eigenvalue weighted by atomic mass is 16.1. The number of hydrogen-bond donors (Lipinski definition) is 0. The van der Waals surface area contributed by atoms with E-state index in [-0.39, 0.29) is 0 Å². The average molecular weight is 176 g/mol. The van der Waals surface area contributed by atoms with E-state index in [9.17, 15) is 4.79 Å². The van der Waals surface area contributed by atoms with E-state index in [0.29, 0.717) is 11.7 Å². The minimum atomic E-state index is 0.357. The highest BCUT2D eigenvalue weighted by Crippen LogP contribution is 2.50. The lowest BCUT2D eigenvalue weighted by Gasteiger charge is -2.45. The summed E-state index contributed by atoms with van der Waals surface area (Å²) in [5.74, 6) is 2.44. The summed E-state index contributed by atoms with van der Waals surface area (Å²) in [4.78, 5) is 11.7. The molecule has 0 unspecified atom stereocenters. The molecule has 4 aliphatic rings. The van der Waals surface area contributed by atoms with Crippen LogP contribution in [0, 0.1) is 17.8 Å². The molecule has 70 valence electrons. The van der Waals surface area contributed by atoms with Gasteiger partial charge in [-0.3, -0.25) is 4.79 Å². The van der Waals surface area contributed by atoms with Crippen LogP contribution in [0.2, 0.25) is 0 Å². The maximum absolute atomic E-state index is 11.7. The third-order valence-electron chi connectivity index (χ3n) is 4.18. The smallest absolute Gasteiger partial charge is 0.140 e. The molecule has 1 nitrogen and oxygen atoms in total. The molecule has 0 aliphatic heterocycles. The molecule has 3 saturated carbocycles. The van der Waals surface area contributed by atoms with E-state index in [1.165, 1.54) is 25.7 Å². The third kappa shape index (κ3) is 1.02. The second-order valence-corrected chi connectivity index (χ2v) is 4.80. The molecule has 3 atom stereocenters.